The number of benzene rings is 3. The van der Waals surface area contributed by atoms with Gasteiger partial charge in [-0.1, -0.05) is 19.1 Å². The van der Waals surface area contributed by atoms with Gasteiger partial charge in [-0.3, -0.25) is 4.79 Å². The molecule has 1 unspecified atom stereocenters. The van der Waals surface area contributed by atoms with Gasteiger partial charge in [0, 0.05) is 17.7 Å². The van der Waals surface area contributed by atoms with Gasteiger partial charge in [-0.15, -0.1) is 0 Å². The normalized spacial score (nSPS) is 18.5. The van der Waals surface area contributed by atoms with Crippen LogP contribution in [0.25, 0.3) is 0 Å². The van der Waals surface area contributed by atoms with Crippen LogP contribution in [0.2, 0.25) is 0 Å². The van der Waals surface area contributed by atoms with Gasteiger partial charge in [0.05, 0.1) is 31.9 Å². The number of alkyl halides is 3. The van der Waals surface area contributed by atoms with Crippen molar-refractivity contribution in [2.75, 3.05) is 38.0 Å². The van der Waals surface area contributed by atoms with Crippen LogP contribution < -0.4 is 29.8 Å². The molecule has 1 fully saturated rings. The lowest BCUT2D eigenvalue weighted by atomic mass is 9.96. The molecule has 0 bridgehead atoms. The van der Waals surface area contributed by atoms with Crippen molar-refractivity contribution in [1.29, 1.82) is 0 Å². The highest BCUT2D eigenvalue weighted by molar-refractivity contribution is 7.87. The zero-order valence-electron chi connectivity index (χ0n) is 29.0. The molecule has 0 aromatic heterocycles. The molecule has 53 heavy (non-hydrogen) atoms. The third-order valence-electron chi connectivity index (χ3n) is 8.56. The van der Waals surface area contributed by atoms with Crippen LogP contribution in [-0.4, -0.2) is 91.8 Å². The van der Waals surface area contributed by atoms with Gasteiger partial charge in [0.2, 0.25) is 12.7 Å². The van der Waals surface area contributed by atoms with Crippen LogP contribution in [0, 0.1) is 0 Å². The number of carbonyl (C=O) groups excluding carboxylic acids is 3. The molecule has 5 rings (SSSR count). The molecule has 2 aliphatic rings. The summed E-state index contributed by atoms with van der Waals surface area (Å²) < 4.78 is 72.5. The summed E-state index contributed by atoms with van der Waals surface area (Å²) in [7, 11) is -1.58. The molecule has 0 saturated carbocycles. The number of primary amides is 1. The first-order valence-corrected chi connectivity index (χ1v) is 18.1. The number of nitrogens with zero attached hydrogens (tertiary/aromatic N) is 2. The van der Waals surface area contributed by atoms with E-state index in [1.54, 1.807) is 36.1 Å². The second-order valence-electron chi connectivity index (χ2n) is 12.9. The number of rotatable bonds is 12. The van der Waals surface area contributed by atoms with Crippen LogP contribution in [0.15, 0.2) is 66.7 Å². The van der Waals surface area contributed by atoms with Gasteiger partial charge < -0.3 is 49.1 Å². The predicted molar refractivity (Wildman–Crippen MR) is 183 cm³/mol. The molecule has 3 aromatic rings. The average molecular weight is 767 g/mol. The molecule has 0 spiro atoms. The molecule has 2 aliphatic heterocycles. The number of aromatic hydroxyl groups is 1. The van der Waals surface area contributed by atoms with E-state index in [0.717, 1.165) is 24.1 Å². The Kier molecular flexibility index (Phi) is 13.1. The molecule has 14 nitrogen and oxygen atoms in total. The van der Waals surface area contributed by atoms with Crippen LogP contribution >= 0.6 is 0 Å². The Balaban J connectivity index is 0.000000815. The van der Waals surface area contributed by atoms with Crippen LogP contribution in [0.1, 0.15) is 37.3 Å². The topological polar surface area (TPSA) is 198 Å². The summed E-state index contributed by atoms with van der Waals surface area (Å²) in [6.07, 6.45) is -3.12. The number of likely N-dealkylation sites (tertiary alicyclic amines) is 1. The standard InChI is InChI=1S/C33H40N4O8S.C2HF3O2/c1-3-17-46(41,42)45-28-13-9-25(10-14-28)35-33(40)36(29(32(34)39)18-23-6-11-27(38)12-7-23)26-5-4-16-37(2,21-26)20-24-8-15-30-31(19-24)44-22-43-30;3-2(4,5)1(6)7/h6-15,19,26,29H,3-5,16-18,20-22H2,1-2H3,(H3-,34,35,38,39,40);(H,6,7)/t26-,29-,37?;/m0./s1. The fourth-order valence-corrected chi connectivity index (χ4v) is 7.21. The van der Waals surface area contributed by atoms with Crippen molar-refractivity contribution in [2.45, 2.75) is 57.4 Å². The summed E-state index contributed by atoms with van der Waals surface area (Å²) in [4.78, 5) is 37.5. The van der Waals surface area contributed by atoms with E-state index in [1.165, 1.54) is 24.3 Å². The van der Waals surface area contributed by atoms with E-state index in [2.05, 4.69) is 12.4 Å². The Bertz CT molecular complexity index is 1860. The summed E-state index contributed by atoms with van der Waals surface area (Å²) in [6.45, 7) is 4.08. The number of aliphatic carboxylic acids is 1. The van der Waals surface area contributed by atoms with E-state index < -0.39 is 40.2 Å². The molecular weight excluding hydrogens is 725 g/mol. The Labute approximate surface area is 304 Å². The second-order valence-corrected chi connectivity index (χ2v) is 14.6. The fourth-order valence-electron chi connectivity index (χ4n) is 6.22. The largest absolute Gasteiger partial charge is 0.542 e. The highest BCUT2D eigenvalue weighted by atomic mass is 32.2. The number of carbonyl (C=O) groups is 3. The smallest absolute Gasteiger partial charge is 0.430 e. The van der Waals surface area contributed by atoms with Crippen LogP contribution in [0.4, 0.5) is 23.7 Å². The van der Waals surface area contributed by atoms with Crippen LogP contribution in [0.3, 0.4) is 0 Å². The molecule has 3 atom stereocenters. The summed E-state index contributed by atoms with van der Waals surface area (Å²) in [5.41, 5.74) is 8.19. The minimum atomic E-state index is -5.19. The first-order valence-electron chi connectivity index (χ1n) is 16.6. The van der Waals surface area contributed by atoms with Gasteiger partial charge in [-0.2, -0.15) is 21.6 Å². The molecular formula is C35H41F3N4O10S. The number of ether oxygens (including phenoxy) is 2. The number of nitrogens with two attached hydrogens (primary N) is 1. The number of hydrogen-bond donors (Lipinski definition) is 3. The fraction of sp³-hybridized carbons (Fsp3) is 0.400. The van der Waals surface area contributed by atoms with E-state index in [-0.39, 0.29) is 36.5 Å². The van der Waals surface area contributed by atoms with Gasteiger partial charge >= 0.3 is 22.3 Å². The SMILES string of the molecule is CCCS(=O)(=O)Oc1ccc(NC(=O)N([C@H]2CCC[N+](C)(Cc3ccc4c(c3)OCO4)C2)[C@@H](Cc2ccc(O)cc2)C(N)=O)cc1.O=C([O-])C(F)(F)F. The highest BCUT2D eigenvalue weighted by Crippen LogP contribution is 2.34. The first-order chi connectivity index (χ1) is 24.9. The van der Waals surface area contributed by atoms with Gasteiger partial charge in [0.25, 0.3) is 0 Å². The number of likely N-dealkylation sites (N-methyl/N-ethyl adjacent to an activating group) is 1. The average Bonchev–Trinajstić information content (AvgIpc) is 3.54. The van der Waals surface area contributed by atoms with Crippen molar-refractivity contribution >= 4 is 33.7 Å². The van der Waals surface area contributed by atoms with E-state index in [9.17, 15) is 36.3 Å². The number of urea groups is 1. The quantitative estimate of drug-likeness (QED) is 0.182. The van der Waals surface area contributed by atoms with Crippen molar-refractivity contribution in [2.24, 2.45) is 5.73 Å². The number of anilines is 1. The van der Waals surface area contributed by atoms with Gasteiger partial charge in [0.1, 0.15) is 30.1 Å². The maximum atomic E-state index is 14.1. The number of nitrogens with one attached hydrogen (secondary N) is 1. The number of phenolic OH excluding ortho intramolecular Hbond substituents is 1. The highest BCUT2D eigenvalue weighted by Gasteiger charge is 2.41. The first kappa shape index (κ1) is 40.5. The molecule has 3 amide bonds. The zero-order valence-corrected chi connectivity index (χ0v) is 29.8. The lowest BCUT2D eigenvalue weighted by Gasteiger charge is -2.46. The maximum Gasteiger partial charge on any atom is 0.430 e. The minimum Gasteiger partial charge on any atom is -0.542 e. The van der Waals surface area contributed by atoms with Crippen LogP contribution in [-0.2, 0) is 32.7 Å². The number of hydrogen-bond acceptors (Lipinski definition) is 10. The summed E-state index contributed by atoms with van der Waals surface area (Å²) in [5, 5.41) is 21.5. The molecule has 2 heterocycles. The molecule has 18 heteroatoms. The van der Waals surface area contributed by atoms with Crippen molar-refractivity contribution < 1.29 is 64.3 Å². The molecule has 0 radical (unpaired) electrons. The Morgan fingerprint density at radius 1 is 1.06 bits per heavy atom. The van der Waals surface area contributed by atoms with E-state index in [0.29, 0.717) is 47.6 Å². The third kappa shape index (κ3) is 11.6. The summed E-state index contributed by atoms with van der Waals surface area (Å²) in [6, 6.07) is 16.6. The number of halogens is 3. The number of carboxylic acid groups (broad SMARTS) is 1. The summed E-state index contributed by atoms with van der Waals surface area (Å²) >= 11 is 0. The lowest BCUT2D eigenvalue weighted by Crippen LogP contribution is -2.62. The van der Waals surface area contributed by atoms with Crippen molar-refractivity contribution in [3.63, 3.8) is 0 Å². The molecule has 288 valence electrons. The molecule has 4 N–H and O–H groups in total. The maximum absolute atomic E-state index is 14.1. The molecule has 0 aliphatic carbocycles. The van der Waals surface area contributed by atoms with Crippen molar-refractivity contribution in [3.8, 4) is 23.0 Å². The lowest BCUT2D eigenvalue weighted by molar-refractivity contribution is -0.928. The minimum absolute atomic E-state index is 0.0905. The number of quaternary nitrogens is 1. The van der Waals surface area contributed by atoms with E-state index in [1.807, 2.05) is 18.2 Å². The number of piperidine rings is 1. The van der Waals surface area contributed by atoms with Gasteiger partial charge in [0.15, 0.2) is 11.5 Å². The zero-order chi connectivity index (χ0) is 39.0. The summed E-state index contributed by atoms with van der Waals surface area (Å²) in [5.74, 6) is -2.12. The predicted octanol–water partition coefficient (Wildman–Crippen LogP) is 3.28. The molecule has 3 aromatic carbocycles. The number of fused-ring (bicyclic) bond motifs is 1. The number of carboxylic acids is 1. The number of amides is 3. The van der Waals surface area contributed by atoms with Crippen molar-refractivity contribution in [3.05, 3.63) is 77.9 Å². The van der Waals surface area contributed by atoms with Gasteiger partial charge in [-0.05, 0) is 79.4 Å². The Morgan fingerprint density at radius 2 is 1.68 bits per heavy atom. The Morgan fingerprint density at radius 3 is 2.28 bits per heavy atom. The van der Waals surface area contributed by atoms with Gasteiger partial charge in [-0.25, -0.2) is 4.79 Å². The van der Waals surface area contributed by atoms with Crippen LogP contribution in [0.5, 0.6) is 23.0 Å². The molecule has 1 saturated heterocycles. The van der Waals surface area contributed by atoms with E-state index in [4.69, 9.17) is 29.3 Å². The third-order valence-corrected chi connectivity index (χ3v) is 9.91. The number of phenols is 1. The second kappa shape index (κ2) is 17.1. The van der Waals surface area contributed by atoms with Crippen molar-refractivity contribution in [1.82, 2.24) is 4.90 Å². The van der Waals surface area contributed by atoms with E-state index >= 15 is 0 Å². The Hall–Kier alpha value is -5.23. The monoisotopic (exact) mass is 766 g/mol.